The molecule has 0 saturated carbocycles. The molecule has 102 valence electrons. The minimum absolute atomic E-state index is 0.0170. The lowest BCUT2D eigenvalue weighted by molar-refractivity contribution is 0.0867. The second-order valence-electron chi connectivity index (χ2n) is 4.59. The summed E-state index contributed by atoms with van der Waals surface area (Å²) in [6.07, 6.45) is 0. The van der Waals surface area contributed by atoms with Gasteiger partial charge in [0.25, 0.3) is 0 Å². The average molecular weight is 295 g/mol. The molecule has 0 amide bonds. The molecule has 1 rings (SSSR count). The van der Waals surface area contributed by atoms with Crippen molar-refractivity contribution in [2.45, 2.75) is 36.6 Å². The average Bonchev–Trinajstić information content (AvgIpc) is 2.28. The largest absolute Gasteiger partial charge is 0.393 e. The zero-order valence-electron chi connectivity index (χ0n) is 10.4. The standard InChI is InChI=1S/C12H16ClFO3S/c1-8(2)18(16,17)11-5-4-9(6-10(11)13)12(3,14)7-15/h4-6,8,15H,7H2,1-3H3. The molecular formula is C12H16ClFO3S. The number of hydrogen-bond donors (Lipinski definition) is 1. The summed E-state index contributed by atoms with van der Waals surface area (Å²) < 4.78 is 37.8. The maximum Gasteiger partial charge on any atom is 0.182 e. The first kappa shape index (κ1) is 15.4. The molecule has 0 aliphatic heterocycles. The molecule has 18 heavy (non-hydrogen) atoms. The van der Waals surface area contributed by atoms with E-state index in [0.717, 1.165) is 0 Å². The van der Waals surface area contributed by atoms with Gasteiger partial charge in [-0.05, 0) is 38.5 Å². The number of hydrogen-bond acceptors (Lipinski definition) is 3. The summed E-state index contributed by atoms with van der Waals surface area (Å²) in [5.74, 6) is 0. The van der Waals surface area contributed by atoms with Gasteiger partial charge in [-0.3, -0.25) is 0 Å². The lowest BCUT2D eigenvalue weighted by Gasteiger charge is -2.19. The van der Waals surface area contributed by atoms with Crippen LogP contribution in [0.2, 0.25) is 5.02 Å². The van der Waals surface area contributed by atoms with Crippen LogP contribution in [0.1, 0.15) is 26.3 Å². The second kappa shape index (κ2) is 5.15. The molecule has 1 unspecified atom stereocenters. The zero-order chi connectivity index (χ0) is 14.1. The van der Waals surface area contributed by atoms with Crippen molar-refractivity contribution in [3.63, 3.8) is 0 Å². The first-order chi connectivity index (χ1) is 8.13. The first-order valence-corrected chi connectivity index (χ1v) is 7.39. The topological polar surface area (TPSA) is 54.4 Å². The molecule has 0 heterocycles. The van der Waals surface area contributed by atoms with E-state index < -0.39 is 27.4 Å². The third-order valence-electron chi connectivity index (χ3n) is 2.76. The Morgan fingerprint density at radius 3 is 2.39 bits per heavy atom. The van der Waals surface area contributed by atoms with Gasteiger partial charge in [-0.1, -0.05) is 17.7 Å². The molecule has 0 radical (unpaired) electrons. The van der Waals surface area contributed by atoms with Crippen LogP contribution in [-0.4, -0.2) is 25.4 Å². The Labute approximate surface area is 112 Å². The molecule has 6 heteroatoms. The third-order valence-corrected chi connectivity index (χ3v) is 5.39. The Bertz CT molecular complexity index is 538. The Morgan fingerprint density at radius 1 is 1.44 bits per heavy atom. The monoisotopic (exact) mass is 294 g/mol. The van der Waals surface area contributed by atoms with Crippen LogP contribution < -0.4 is 0 Å². The highest BCUT2D eigenvalue weighted by Crippen LogP contribution is 2.31. The highest BCUT2D eigenvalue weighted by Gasteiger charge is 2.28. The minimum atomic E-state index is -3.49. The van der Waals surface area contributed by atoms with E-state index in [-0.39, 0.29) is 15.5 Å². The summed E-state index contributed by atoms with van der Waals surface area (Å²) in [7, 11) is -3.49. The Morgan fingerprint density at radius 2 is 2.00 bits per heavy atom. The van der Waals surface area contributed by atoms with Gasteiger partial charge in [0.05, 0.1) is 21.8 Å². The number of rotatable bonds is 4. The molecule has 0 bridgehead atoms. The Kier molecular flexibility index (Phi) is 4.41. The van der Waals surface area contributed by atoms with Crippen molar-refractivity contribution in [2.75, 3.05) is 6.61 Å². The van der Waals surface area contributed by atoms with Crippen LogP contribution in [0.4, 0.5) is 4.39 Å². The molecule has 0 aliphatic rings. The fraction of sp³-hybridized carbons (Fsp3) is 0.500. The summed E-state index contributed by atoms with van der Waals surface area (Å²) in [6.45, 7) is 3.61. The lowest BCUT2D eigenvalue weighted by atomic mass is 9.99. The highest BCUT2D eigenvalue weighted by atomic mass is 35.5. The van der Waals surface area contributed by atoms with Gasteiger partial charge in [-0.25, -0.2) is 12.8 Å². The van der Waals surface area contributed by atoms with Crippen LogP contribution in [0.3, 0.4) is 0 Å². The summed E-state index contributed by atoms with van der Waals surface area (Å²) in [5, 5.41) is 8.29. The van der Waals surface area contributed by atoms with Gasteiger partial charge >= 0.3 is 0 Å². The quantitative estimate of drug-likeness (QED) is 0.929. The molecule has 1 atom stereocenters. The lowest BCUT2D eigenvalue weighted by Crippen LogP contribution is -2.21. The summed E-state index contributed by atoms with van der Waals surface area (Å²) in [5.41, 5.74) is -1.79. The van der Waals surface area contributed by atoms with E-state index in [1.165, 1.54) is 25.1 Å². The van der Waals surface area contributed by atoms with Crippen molar-refractivity contribution in [2.24, 2.45) is 0 Å². The number of aliphatic hydroxyl groups is 1. The maximum absolute atomic E-state index is 13.9. The van der Waals surface area contributed by atoms with Gasteiger partial charge in [0, 0.05) is 0 Å². The van der Waals surface area contributed by atoms with Crippen molar-refractivity contribution in [1.82, 2.24) is 0 Å². The Balaban J connectivity index is 3.33. The van der Waals surface area contributed by atoms with Gasteiger partial charge in [0.1, 0.15) is 0 Å². The van der Waals surface area contributed by atoms with Gasteiger partial charge in [-0.15, -0.1) is 0 Å². The van der Waals surface area contributed by atoms with E-state index in [9.17, 15) is 12.8 Å². The van der Waals surface area contributed by atoms with Crippen LogP contribution in [0.15, 0.2) is 23.1 Å². The van der Waals surface area contributed by atoms with Gasteiger partial charge < -0.3 is 5.11 Å². The second-order valence-corrected chi connectivity index (χ2v) is 7.47. The number of halogens is 2. The van der Waals surface area contributed by atoms with E-state index >= 15 is 0 Å². The smallest absolute Gasteiger partial charge is 0.182 e. The van der Waals surface area contributed by atoms with Crippen LogP contribution in [0.25, 0.3) is 0 Å². The van der Waals surface area contributed by atoms with Crippen molar-refractivity contribution in [3.8, 4) is 0 Å². The van der Waals surface area contributed by atoms with Crippen LogP contribution in [-0.2, 0) is 15.5 Å². The summed E-state index contributed by atoms with van der Waals surface area (Å²) in [4.78, 5) is -0.0170. The SMILES string of the molecule is CC(C)S(=O)(=O)c1ccc(C(C)(F)CO)cc1Cl. The van der Waals surface area contributed by atoms with Gasteiger partial charge in [0.15, 0.2) is 15.5 Å². The van der Waals surface area contributed by atoms with E-state index in [0.29, 0.717) is 0 Å². The molecule has 1 N–H and O–H groups in total. The highest BCUT2D eigenvalue weighted by molar-refractivity contribution is 7.92. The fourth-order valence-corrected chi connectivity index (χ4v) is 3.00. The molecule has 3 nitrogen and oxygen atoms in total. The van der Waals surface area contributed by atoms with Gasteiger partial charge in [0.2, 0.25) is 0 Å². The van der Waals surface area contributed by atoms with Crippen LogP contribution >= 0.6 is 11.6 Å². The maximum atomic E-state index is 13.9. The van der Waals surface area contributed by atoms with Crippen LogP contribution in [0.5, 0.6) is 0 Å². The third kappa shape index (κ3) is 2.84. The molecule has 0 saturated heterocycles. The molecule has 0 spiro atoms. The minimum Gasteiger partial charge on any atom is -0.393 e. The van der Waals surface area contributed by atoms with Crippen molar-refractivity contribution < 1.29 is 17.9 Å². The van der Waals surface area contributed by atoms with Crippen molar-refractivity contribution >= 4 is 21.4 Å². The normalized spacial score (nSPS) is 15.7. The van der Waals surface area contributed by atoms with E-state index in [1.54, 1.807) is 13.8 Å². The van der Waals surface area contributed by atoms with E-state index in [2.05, 4.69) is 0 Å². The van der Waals surface area contributed by atoms with Crippen molar-refractivity contribution in [1.29, 1.82) is 0 Å². The summed E-state index contributed by atoms with van der Waals surface area (Å²) in [6, 6.07) is 3.85. The molecule has 0 fully saturated rings. The van der Waals surface area contributed by atoms with Crippen molar-refractivity contribution in [3.05, 3.63) is 28.8 Å². The van der Waals surface area contributed by atoms with Crippen LogP contribution in [0, 0.1) is 0 Å². The molecule has 0 aliphatic carbocycles. The fourth-order valence-electron chi connectivity index (χ4n) is 1.40. The number of aliphatic hydroxyl groups excluding tert-OH is 1. The predicted octanol–water partition coefficient (Wildman–Crippen LogP) is 2.70. The predicted molar refractivity (Wildman–Crippen MR) is 69.3 cm³/mol. The summed E-state index contributed by atoms with van der Waals surface area (Å²) >= 11 is 5.89. The molecule has 1 aromatic rings. The number of benzene rings is 1. The first-order valence-electron chi connectivity index (χ1n) is 5.46. The molecular weight excluding hydrogens is 279 g/mol. The van der Waals surface area contributed by atoms with E-state index in [4.69, 9.17) is 16.7 Å². The number of sulfone groups is 1. The zero-order valence-corrected chi connectivity index (χ0v) is 12.0. The van der Waals surface area contributed by atoms with E-state index in [1.807, 2.05) is 0 Å². The molecule has 1 aromatic carbocycles. The molecule has 0 aromatic heterocycles. The Hall–Kier alpha value is -0.650. The number of alkyl halides is 1. The van der Waals surface area contributed by atoms with Gasteiger partial charge in [-0.2, -0.15) is 0 Å².